The number of carbonyl (C=O) groups excluding carboxylic acids is 1. The SMILES string of the molecule is C[C@H](c1ccccc1)N(N)C(=O)CC(C)(C)C. The largest absolute Gasteiger partial charge is 0.273 e. The number of hydrogen-bond donors (Lipinski definition) is 1. The van der Waals surface area contributed by atoms with Crippen LogP contribution in [0.15, 0.2) is 30.3 Å². The van der Waals surface area contributed by atoms with Gasteiger partial charge in [0.2, 0.25) is 5.91 Å². The Kier molecular flexibility index (Phi) is 4.29. The number of hydrogen-bond acceptors (Lipinski definition) is 2. The predicted molar refractivity (Wildman–Crippen MR) is 70.0 cm³/mol. The highest BCUT2D eigenvalue weighted by Crippen LogP contribution is 2.23. The molecule has 2 N–H and O–H groups in total. The lowest BCUT2D eigenvalue weighted by atomic mass is 9.91. The number of nitrogens with zero attached hydrogens (tertiary/aromatic N) is 1. The minimum absolute atomic E-state index is 0.0196. The van der Waals surface area contributed by atoms with Crippen molar-refractivity contribution in [1.82, 2.24) is 5.01 Å². The zero-order valence-electron chi connectivity index (χ0n) is 11.1. The van der Waals surface area contributed by atoms with Gasteiger partial charge in [-0.15, -0.1) is 0 Å². The van der Waals surface area contributed by atoms with Gasteiger partial charge in [0.05, 0.1) is 6.04 Å². The molecule has 0 spiro atoms. The monoisotopic (exact) mass is 234 g/mol. The maximum Gasteiger partial charge on any atom is 0.237 e. The van der Waals surface area contributed by atoms with E-state index in [9.17, 15) is 4.79 Å². The van der Waals surface area contributed by atoms with E-state index >= 15 is 0 Å². The normalized spacial score (nSPS) is 13.2. The molecular formula is C14H22N2O. The Bertz CT molecular complexity index is 368. The maximum absolute atomic E-state index is 12.0. The maximum atomic E-state index is 12.0. The molecular weight excluding hydrogens is 212 g/mol. The Morgan fingerprint density at radius 2 is 1.82 bits per heavy atom. The fourth-order valence-electron chi connectivity index (χ4n) is 1.65. The van der Waals surface area contributed by atoms with Crippen LogP contribution in [-0.2, 0) is 4.79 Å². The summed E-state index contributed by atoms with van der Waals surface area (Å²) in [5, 5.41) is 1.33. The first-order valence-corrected chi connectivity index (χ1v) is 5.93. The molecule has 0 aliphatic carbocycles. The van der Waals surface area contributed by atoms with E-state index in [1.807, 2.05) is 58.0 Å². The van der Waals surface area contributed by atoms with Crippen molar-refractivity contribution in [3.8, 4) is 0 Å². The van der Waals surface area contributed by atoms with E-state index in [0.29, 0.717) is 6.42 Å². The molecule has 0 fully saturated rings. The van der Waals surface area contributed by atoms with Crippen LogP contribution in [0, 0.1) is 5.41 Å². The van der Waals surface area contributed by atoms with E-state index < -0.39 is 0 Å². The average molecular weight is 234 g/mol. The van der Waals surface area contributed by atoms with Gasteiger partial charge in [-0.05, 0) is 17.9 Å². The van der Waals surface area contributed by atoms with E-state index in [0.717, 1.165) is 5.56 Å². The fourth-order valence-corrected chi connectivity index (χ4v) is 1.65. The summed E-state index contributed by atoms with van der Waals surface area (Å²) in [5.41, 5.74) is 1.02. The Morgan fingerprint density at radius 1 is 1.29 bits per heavy atom. The molecule has 1 aromatic rings. The van der Waals surface area contributed by atoms with Crippen LogP contribution in [0.3, 0.4) is 0 Å². The van der Waals surface area contributed by atoms with Crippen molar-refractivity contribution >= 4 is 5.91 Å². The molecule has 0 radical (unpaired) electrons. The Balaban J connectivity index is 2.70. The molecule has 1 rings (SSSR count). The lowest BCUT2D eigenvalue weighted by Gasteiger charge is -2.27. The summed E-state index contributed by atoms with van der Waals surface area (Å²) in [7, 11) is 0. The van der Waals surface area contributed by atoms with Crippen LogP contribution in [0.2, 0.25) is 0 Å². The van der Waals surface area contributed by atoms with Gasteiger partial charge in [0.1, 0.15) is 0 Å². The second kappa shape index (κ2) is 5.32. The molecule has 17 heavy (non-hydrogen) atoms. The summed E-state index contributed by atoms with van der Waals surface area (Å²) in [5.74, 6) is 5.86. The first-order valence-electron chi connectivity index (χ1n) is 5.93. The molecule has 0 saturated carbocycles. The number of carbonyl (C=O) groups is 1. The van der Waals surface area contributed by atoms with Crippen molar-refractivity contribution in [3.63, 3.8) is 0 Å². The minimum Gasteiger partial charge on any atom is -0.273 e. The molecule has 3 nitrogen and oxygen atoms in total. The molecule has 1 atom stereocenters. The Morgan fingerprint density at radius 3 is 2.29 bits per heavy atom. The zero-order chi connectivity index (χ0) is 13.1. The summed E-state index contributed by atoms with van der Waals surface area (Å²) in [4.78, 5) is 12.0. The zero-order valence-corrected chi connectivity index (χ0v) is 11.1. The molecule has 1 aromatic carbocycles. The van der Waals surface area contributed by atoms with Gasteiger partial charge in [0.15, 0.2) is 0 Å². The summed E-state index contributed by atoms with van der Waals surface area (Å²) in [6.07, 6.45) is 0.459. The highest BCUT2D eigenvalue weighted by molar-refractivity contribution is 5.76. The summed E-state index contributed by atoms with van der Waals surface area (Å²) < 4.78 is 0. The van der Waals surface area contributed by atoms with Gasteiger partial charge in [-0.2, -0.15) is 0 Å². The molecule has 0 heterocycles. The molecule has 0 saturated heterocycles. The quantitative estimate of drug-likeness (QED) is 0.496. The van der Waals surface area contributed by atoms with Gasteiger partial charge in [-0.1, -0.05) is 51.1 Å². The van der Waals surface area contributed by atoms with Crippen molar-refractivity contribution in [2.45, 2.75) is 40.2 Å². The minimum atomic E-state index is -0.0916. The van der Waals surface area contributed by atoms with Crippen LogP contribution in [0.5, 0.6) is 0 Å². The number of nitrogens with two attached hydrogens (primary N) is 1. The topological polar surface area (TPSA) is 46.3 Å². The Labute approximate surface area is 104 Å². The van der Waals surface area contributed by atoms with Gasteiger partial charge < -0.3 is 0 Å². The van der Waals surface area contributed by atoms with Crippen LogP contribution < -0.4 is 5.84 Å². The van der Waals surface area contributed by atoms with Crippen molar-refractivity contribution < 1.29 is 4.79 Å². The molecule has 94 valence electrons. The van der Waals surface area contributed by atoms with Crippen molar-refractivity contribution in [3.05, 3.63) is 35.9 Å². The first-order chi connectivity index (χ1) is 7.81. The van der Waals surface area contributed by atoms with Crippen LogP contribution in [-0.4, -0.2) is 10.9 Å². The van der Waals surface area contributed by atoms with E-state index in [1.165, 1.54) is 5.01 Å². The molecule has 1 amide bonds. The van der Waals surface area contributed by atoms with Crippen molar-refractivity contribution in [2.24, 2.45) is 11.3 Å². The van der Waals surface area contributed by atoms with E-state index in [1.54, 1.807) is 0 Å². The van der Waals surface area contributed by atoms with E-state index in [-0.39, 0.29) is 17.4 Å². The number of hydrazine groups is 1. The highest BCUT2D eigenvalue weighted by Gasteiger charge is 2.23. The van der Waals surface area contributed by atoms with Crippen LogP contribution in [0.25, 0.3) is 0 Å². The van der Waals surface area contributed by atoms with Gasteiger partial charge in [-0.25, -0.2) is 5.84 Å². The van der Waals surface area contributed by atoms with Gasteiger partial charge in [0, 0.05) is 6.42 Å². The molecule has 0 bridgehead atoms. The van der Waals surface area contributed by atoms with E-state index in [2.05, 4.69) is 0 Å². The first kappa shape index (κ1) is 13.7. The molecule has 0 aliphatic heterocycles. The van der Waals surface area contributed by atoms with Crippen molar-refractivity contribution in [1.29, 1.82) is 0 Å². The number of amides is 1. The molecule has 3 heteroatoms. The summed E-state index contributed by atoms with van der Waals surface area (Å²) in [6, 6.07) is 9.73. The van der Waals surface area contributed by atoms with Gasteiger partial charge in [0.25, 0.3) is 0 Å². The van der Waals surface area contributed by atoms with Gasteiger partial charge in [-0.3, -0.25) is 9.80 Å². The third-order valence-electron chi connectivity index (χ3n) is 2.67. The number of rotatable bonds is 3. The summed E-state index contributed by atoms with van der Waals surface area (Å²) in [6.45, 7) is 8.04. The molecule has 0 aliphatic rings. The standard InChI is InChI=1S/C14H22N2O/c1-11(12-8-6-5-7-9-12)16(15)13(17)10-14(2,3)4/h5-9,11H,10,15H2,1-4H3/t11-/m1/s1. The van der Waals surface area contributed by atoms with E-state index in [4.69, 9.17) is 5.84 Å². The third kappa shape index (κ3) is 4.19. The fraction of sp³-hybridized carbons (Fsp3) is 0.500. The number of benzene rings is 1. The van der Waals surface area contributed by atoms with Gasteiger partial charge >= 0.3 is 0 Å². The predicted octanol–water partition coefficient (Wildman–Crippen LogP) is 2.89. The second-order valence-electron chi connectivity index (χ2n) is 5.63. The Hall–Kier alpha value is -1.35. The van der Waals surface area contributed by atoms with Crippen LogP contribution in [0.1, 0.15) is 45.7 Å². The third-order valence-corrected chi connectivity index (χ3v) is 2.67. The second-order valence-corrected chi connectivity index (χ2v) is 5.63. The van der Waals surface area contributed by atoms with Crippen LogP contribution >= 0.6 is 0 Å². The lowest BCUT2D eigenvalue weighted by molar-refractivity contribution is -0.135. The molecule has 0 aromatic heterocycles. The lowest BCUT2D eigenvalue weighted by Crippen LogP contribution is -2.41. The highest BCUT2D eigenvalue weighted by atomic mass is 16.2. The average Bonchev–Trinajstić information content (AvgIpc) is 2.26. The van der Waals surface area contributed by atoms with Crippen molar-refractivity contribution in [2.75, 3.05) is 0 Å². The van der Waals surface area contributed by atoms with Crippen LogP contribution in [0.4, 0.5) is 0 Å². The smallest absolute Gasteiger partial charge is 0.237 e. The summed E-state index contributed by atoms with van der Waals surface area (Å²) >= 11 is 0. The molecule has 0 unspecified atom stereocenters.